The van der Waals surface area contributed by atoms with Crippen LogP contribution in [0.4, 0.5) is 5.69 Å². The lowest BCUT2D eigenvalue weighted by Crippen LogP contribution is -2.43. The Labute approximate surface area is 191 Å². The van der Waals surface area contributed by atoms with Crippen molar-refractivity contribution < 1.29 is 19.1 Å². The van der Waals surface area contributed by atoms with E-state index in [0.717, 1.165) is 12.8 Å². The third kappa shape index (κ3) is 8.11. The van der Waals surface area contributed by atoms with Crippen LogP contribution in [0.15, 0.2) is 42.5 Å². The zero-order valence-corrected chi connectivity index (χ0v) is 18.9. The number of nitrogens with one attached hydrogen (secondary N) is 2. The maximum atomic E-state index is 12.9. The summed E-state index contributed by atoms with van der Waals surface area (Å²) >= 11 is 12.0. The van der Waals surface area contributed by atoms with Crippen LogP contribution in [0.25, 0.3) is 0 Å². The van der Waals surface area contributed by atoms with Crippen LogP contribution in [0, 0.1) is 0 Å². The van der Waals surface area contributed by atoms with Gasteiger partial charge >= 0.3 is 0 Å². The highest BCUT2D eigenvalue weighted by Gasteiger charge is 2.20. The lowest BCUT2D eigenvalue weighted by atomic mass is 10.2. The van der Waals surface area contributed by atoms with E-state index >= 15 is 0 Å². The Bertz CT molecular complexity index is 899. The van der Waals surface area contributed by atoms with Crippen LogP contribution in [0.2, 0.25) is 10.0 Å². The lowest BCUT2D eigenvalue weighted by molar-refractivity contribution is -0.124. The Morgan fingerprint density at radius 2 is 1.65 bits per heavy atom. The van der Waals surface area contributed by atoms with Crippen LogP contribution in [0.1, 0.15) is 30.1 Å². The summed E-state index contributed by atoms with van der Waals surface area (Å²) in [7, 11) is 1.55. The van der Waals surface area contributed by atoms with E-state index in [1.165, 1.54) is 23.1 Å². The number of anilines is 1. The number of carbonyl (C=O) groups is 3. The number of halogens is 2. The van der Waals surface area contributed by atoms with Gasteiger partial charge in [-0.3, -0.25) is 14.4 Å². The first kappa shape index (κ1) is 24.5. The summed E-state index contributed by atoms with van der Waals surface area (Å²) in [4.78, 5) is 38.7. The lowest BCUT2D eigenvalue weighted by Gasteiger charge is -2.22. The number of benzene rings is 2. The summed E-state index contributed by atoms with van der Waals surface area (Å²) in [5.74, 6) is -0.506. The monoisotopic (exact) mass is 465 g/mol. The number of nitrogens with zero attached hydrogens (tertiary/aromatic N) is 1. The number of carbonyl (C=O) groups excluding carboxylic acids is 3. The maximum absolute atomic E-state index is 12.9. The fourth-order valence-electron chi connectivity index (χ4n) is 2.75. The molecule has 2 rings (SSSR count). The highest BCUT2D eigenvalue weighted by atomic mass is 35.5. The van der Waals surface area contributed by atoms with E-state index in [1.54, 1.807) is 31.4 Å². The number of amides is 3. The van der Waals surface area contributed by atoms with Gasteiger partial charge in [-0.25, -0.2) is 0 Å². The van der Waals surface area contributed by atoms with E-state index in [-0.39, 0.29) is 24.9 Å². The topological polar surface area (TPSA) is 87.7 Å². The van der Waals surface area contributed by atoms with Gasteiger partial charge < -0.3 is 20.3 Å². The van der Waals surface area contributed by atoms with Crippen LogP contribution >= 0.6 is 23.2 Å². The molecule has 0 heterocycles. The molecule has 0 bridgehead atoms. The Morgan fingerprint density at radius 3 is 2.23 bits per heavy atom. The van der Waals surface area contributed by atoms with E-state index < -0.39 is 5.91 Å². The molecule has 0 spiro atoms. The standard InChI is InChI=1S/C22H25Cl2N3O4/c1-3-4-9-27(22(30)15-10-16(23)12-17(24)11-15)14-21(29)25-13-20(28)26-18-5-7-19(31-2)8-6-18/h5-8,10-12H,3-4,9,13-14H2,1-2H3,(H,25,29)(H,26,28). The van der Waals surface area contributed by atoms with E-state index in [9.17, 15) is 14.4 Å². The molecule has 2 aromatic rings. The van der Waals surface area contributed by atoms with Crippen molar-refractivity contribution in [2.45, 2.75) is 19.8 Å². The number of ether oxygens (including phenoxy) is 1. The molecule has 0 radical (unpaired) electrons. The molecule has 0 aliphatic heterocycles. The fraction of sp³-hybridized carbons (Fsp3) is 0.318. The van der Waals surface area contributed by atoms with Gasteiger partial charge in [-0.15, -0.1) is 0 Å². The van der Waals surface area contributed by atoms with Crippen LogP contribution in [-0.2, 0) is 9.59 Å². The number of unbranched alkanes of at least 4 members (excludes halogenated alkanes) is 1. The van der Waals surface area contributed by atoms with Crippen LogP contribution in [0.3, 0.4) is 0 Å². The summed E-state index contributed by atoms with van der Waals surface area (Å²) < 4.78 is 5.07. The van der Waals surface area contributed by atoms with Crippen molar-refractivity contribution >= 4 is 46.6 Å². The van der Waals surface area contributed by atoms with Gasteiger partial charge in [-0.05, 0) is 48.9 Å². The highest BCUT2D eigenvalue weighted by Crippen LogP contribution is 2.20. The quantitative estimate of drug-likeness (QED) is 0.554. The average Bonchev–Trinajstić information content (AvgIpc) is 2.74. The molecule has 0 atom stereocenters. The highest BCUT2D eigenvalue weighted by molar-refractivity contribution is 6.35. The minimum Gasteiger partial charge on any atom is -0.497 e. The smallest absolute Gasteiger partial charge is 0.254 e. The molecule has 0 saturated heterocycles. The molecule has 2 aromatic carbocycles. The summed E-state index contributed by atoms with van der Waals surface area (Å²) in [6, 6.07) is 11.4. The van der Waals surface area contributed by atoms with Crippen LogP contribution in [-0.4, -0.2) is 49.4 Å². The number of rotatable bonds is 10. The molecule has 0 fully saturated rings. The largest absolute Gasteiger partial charge is 0.497 e. The van der Waals surface area contributed by atoms with Crippen molar-refractivity contribution in [1.82, 2.24) is 10.2 Å². The number of hydrogen-bond donors (Lipinski definition) is 2. The van der Waals surface area contributed by atoms with Crippen molar-refractivity contribution in [3.63, 3.8) is 0 Å². The summed E-state index contributed by atoms with van der Waals surface area (Å²) in [5.41, 5.74) is 0.885. The summed E-state index contributed by atoms with van der Waals surface area (Å²) in [6.07, 6.45) is 1.58. The molecule has 31 heavy (non-hydrogen) atoms. The third-order valence-electron chi connectivity index (χ3n) is 4.33. The van der Waals surface area contributed by atoms with Crippen molar-refractivity contribution in [1.29, 1.82) is 0 Å². The predicted molar refractivity (Wildman–Crippen MR) is 122 cm³/mol. The summed E-state index contributed by atoms with van der Waals surface area (Å²) in [6.45, 7) is 1.98. The first-order chi connectivity index (χ1) is 14.8. The van der Waals surface area contributed by atoms with Gasteiger partial charge in [-0.1, -0.05) is 36.5 Å². The Hall–Kier alpha value is -2.77. The predicted octanol–water partition coefficient (Wildman–Crippen LogP) is 4.00. The van der Waals surface area contributed by atoms with Gasteiger partial charge in [0.05, 0.1) is 20.2 Å². The van der Waals surface area contributed by atoms with Crippen molar-refractivity contribution in [3.05, 3.63) is 58.1 Å². The van der Waals surface area contributed by atoms with Gasteiger partial charge in [0.1, 0.15) is 5.75 Å². The van der Waals surface area contributed by atoms with Crippen molar-refractivity contribution in [2.24, 2.45) is 0 Å². The average molecular weight is 466 g/mol. The first-order valence-corrected chi connectivity index (χ1v) is 10.5. The van der Waals surface area contributed by atoms with Gasteiger partial charge in [0.2, 0.25) is 11.8 Å². The number of methoxy groups -OCH3 is 1. The SMILES string of the molecule is CCCCN(CC(=O)NCC(=O)Nc1ccc(OC)cc1)C(=O)c1cc(Cl)cc(Cl)c1. The molecule has 0 saturated carbocycles. The van der Waals surface area contributed by atoms with Crippen molar-refractivity contribution in [3.8, 4) is 5.75 Å². The molecular weight excluding hydrogens is 441 g/mol. The fourth-order valence-corrected chi connectivity index (χ4v) is 3.27. The molecule has 0 aliphatic rings. The molecular formula is C22H25Cl2N3O4. The van der Waals surface area contributed by atoms with Gasteiger partial charge in [0.25, 0.3) is 5.91 Å². The molecule has 7 nitrogen and oxygen atoms in total. The molecule has 0 aromatic heterocycles. The zero-order chi connectivity index (χ0) is 22.8. The van der Waals surface area contributed by atoms with Gasteiger partial charge in [0.15, 0.2) is 0 Å². The molecule has 0 aliphatic carbocycles. The number of hydrogen-bond acceptors (Lipinski definition) is 4. The third-order valence-corrected chi connectivity index (χ3v) is 4.77. The molecule has 0 unspecified atom stereocenters. The van der Waals surface area contributed by atoms with E-state index in [2.05, 4.69) is 10.6 Å². The zero-order valence-electron chi connectivity index (χ0n) is 17.4. The minimum atomic E-state index is -0.442. The van der Waals surface area contributed by atoms with E-state index in [0.29, 0.717) is 33.6 Å². The van der Waals surface area contributed by atoms with E-state index in [4.69, 9.17) is 27.9 Å². The molecule has 166 valence electrons. The van der Waals surface area contributed by atoms with Crippen LogP contribution in [0.5, 0.6) is 5.75 Å². The Kier molecular flexibility index (Phi) is 9.62. The molecule has 3 amide bonds. The molecule has 2 N–H and O–H groups in total. The second-order valence-corrected chi connectivity index (χ2v) is 7.66. The molecule has 9 heteroatoms. The second kappa shape index (κ2) is 12.2. The summed E-state index contributed by atoms with van der Waals surface area (Å²) in [5, 5.41) is 5.90. The maximum Gasteiger partial charge on any atom is 0.254 e. The second-order valence-electron chi connectivity index (χ2n) is 6.79. The first-order valence-electron chi connectivity index (χ1n) is 9.78. The van der Waals surface area contributed by atoms with Crippen LogP contribution < -0.4 is 15.4 Å². The van der Waals surface area contributed by atoms with Gasteiger partial charge in [-0.2, -0.15) is 0 Å². The minimum absolute atomic E-state index is 0.182. The Balaban J connectivity index is 1.93. The van der Waals surface area contributed by atoms with Gasteiger partial charge in [0, 0.05) is 27.8 Å². The van der Waals surface area contributed by atoms with E-state index in [1.807, 2.05) is 6.92 Å². The normalized spacial score (nSPS) is 10.3. The Morgan fingerprint density at radius 1 is 1.00 bits per heavy atom. The van der Waals surface area contributed by atoms with Crippen molar-refractivity contribution in [2.75, 3.05) is 32.1 Å².